The number of carbonyl (C=O) groups excluding carboxylic acids is 1. The van der Waals surface area contributed by atoms with Crippen LogP contribution in [0.5, 0.6) is 0 Å². The van der Waals surface area contributed by atoms with E-state index in [1.165, 1.54) is 19.3 Å². The SMILES string of the molecule is CCC(=O)CCCC[C@@H](C)CC. The largest absolute Gasteiger partial charge is 0.300 e. The van der Waals surface area contributed by atoms with Crippen molar-refractivity contribution in [1.29, 1.82) is 0 Å². The third kappa shape index (κ3) is 6.38. The van der Waals surface area contributed by atoms with E-state index in [0.717, 1.165) is 18.8 Å². The van der Waals surface area contributed by atoms with Gasteiger partial charge in [0.25, 0.3) is 0 Å². The first kappa shape index (κ1) is 11.7. The lowest BCUT2D eigenvalue weighted by Crippen LogP contribution is -1.96. The molecule has 0 fully saturated rings. The highest BCUT2D eigenvalue weighted by Crippen LogP contribution is 2.12. The Labute approximate surface area is 76.6 Å². The van der Waals surface area contributed by atoms with Crippen molar-refractivity contribution in [3.8, 4) is 0 Å². The summed E-state index contributed by atoms with van der Waals surface area (Å²) in [5.74, 6) is 1.25. The Kier molecular flexibility index (Phi) is 7.12. The quantitative estimate of drug-likeness (QED) is 0.534. The van der Waals surface area contributed by atoms with Gasteiger partial charge in [-0.05, 0) is 12.3 Å². The van der Waals surface area contributed by atoms with Gasteiger partial charge in [-0.2, -0.15) is 0 Å². The van der Waals surface area contributed by atoms with Crippen LogP contribution in [-0.4, -0.2) is 5.78 Å². The molecule has 0 unspecified atom stereocenters. The van der Waals surface area contributed by atoms with Crippen molar-refractivity contribution in [2.75, 3.05) is 0 Å². The molecule has 0 spiro atoms. The van der Waals surface area contributed by atoms with Gasteiger partial charge in [0, 0.05) is 12.8 Å². The van der Waals surface area contributed by atoms with Crippen LogP contribution in [0.1, 0.15) is 59.3 Å². The zero-order valence-electron chi connectivity index (χ0n) is 8.73. The summed E-state index contributed by atoms with van der Waals surface area (Å²) in [6.07, 6.45) is 6.38. The Morgan fingerprint density at radius 2 is 1.92 bits per heavy atom. The van der Waals surface area contributed by atoms with E-state index in [0.29, 0.717) is 12.2 Å². The third-order valence-corrected chi connectivity index (χ3v) is 2.49. The summed E-state index contributed by atoms with van der Waals surface area (Å²) in [5.41, 5.74) is 0. The Morgan fingerprint density at radius 1 is 1.25 bits per heavy atom. The first-order valence-electron chi connectivity index (χ1n) is 5.22. The summed E-state index contributed by atoms with van der Waals surface area (Å²) < 4.78 is 0. The van der Waals surface area contributed by atoms with E-state index < -0.39 is 0 Å². The average Bonchev–Trinajstić information content (AvgIpc) is 2.11. The van der Waals surface area contributed by atoms with Crippen molar-refractivity contribution < 1.29 is 4.79 Å². The second kappa shape index (κ2) is 7.33. The highest BCUT2D eigenvalue weighted by molar-refractivity contribution is 5.77. The first-order chi connectivity index (χ1) is 5.70. The van der Waals surface area contributed by atoms with Crippen molar-refractivity contribution in [3.05, 3.63) is 0 Å². The topological polar surface area (TPSA) is 17.1 Å². The molecule has 1 heteroatoms. The third-order valence-electron chi connectivity index (χ3n) is 2.49. The van der Waals surface area contributed by atoms with Crippen molar-refractivity contribution in [1.82, 2.24) is 0 Å². The first-order valence-corrected chi connectivity index (χ1v) is 5.22. The van der Waals surface area contributed by atoms with Gasteiger partial charge < -0.3 is 0 Å². The summed E-state index contributed by atoms with van der Waals surface area (Å²) >= 11 is 0. The van der Waals surface area contributed by atoms with Gasteiger partial charge >= 0.3 is 0 Å². The number of Topliss-reactive ketones (excluding diaryl/α,β-unsaturated/α-hetero) is 1. The van der Waals surface area contributed by atoms with E-state index in [4.69, 9.17) is 0 Å². The van der Waals surface area contributed by atoms with E-state index in [9.17, 15) is 4.79 Å². The number of hydrogen-bond donors (Lipinski definition) is 0. The summed E-state index contributed by atoms with van der Waals surface area (Å²) in [6.45, 7) is 6.44. The van der Waals surface area contributed by atoms with Gasteiger partial charge in [0.1, 0.15) is 5.78 Å². The van der Waals surface area contributed by atoms with E-state index in [2.05, 4.69) is 13.8 Å². The van der Waals surface area contributed by atoms with Crippen LogP contribution < -0.4 is 0 Å². The Balaban J connectivity index is 3.15. The van der Waals surface area contributed by atoms with Gasteiger partial charge in [0.05, 0.1) is 0 Å². The number of unbranched alkanes of at least 4 members (excludes halogenated alkanes) is 1. The fraction of sp³-hybridized carbons (Fsp3) is 0.909. The Bertz CT molecular complexity index is 118. The molecule has 0 amide bonds. The predicted octanol–water partition coefficient (Wildman–Crippen LogP) is 3.57. The van der Waals surface area contributed by atoms with Crippen LogP contribution in [0.2, 0.25) is 0 Å². The molecular weight excluding hydrogens is 148 g/mol. The van der Waals surface area contributed by atoms with Crippen LogP contribution in [0.3, 0.4) is 0 Å². The normalized spacial score (nSPS) is 12.9. The van der Waals surface area contributed by atoms with Crippen molar-refractivity contribution in [2.45, 2.75) is 59.3 Å². The number of hydrogen-bond acceptors (Lipinski definition) is 1. The fourth-order valence-corrected chi connectivity index (χ4v) is 1.20. The van der Waals surface area contributed by atoms with E-state index in [1.54, 1.807) is 0 Å². The van der Waals surface area contributed by atoms with Gasteiger partial charge in [-0.3, -0.25) is 4.79 Å². The fourth-order valence-electron chi connectivity index (χ4n) is 1.20. The lowest BCUT2D eigenvalue weighted by molar-refractivity contribution is -0.118. The molecule has 0 heterocycles. The Morgan fingerprint density at radius 3 is 2.42 bits per heavy atom. The molecule has 1 atom stereocenters. The van der Waals surface area contributed by atoms with Crippen LogP contribution in [0, 0.1) is 5.92 Å². The van der Waals surface area contributed by atoms with Crippen LogP contribution in [-0.2, 0) is 4.79 Å². The molecule has 0 aliphatic rings. The molecule has 0 N–H and O–H groups in total. The van der Waals surface area contributed by atoms with Gasteiger partial charge in [-0.25, -0.2) is 0 Å². The number of ketones is 1. The molecule has 1 nitrogen and oxygen atoms in total. The predicted molar refractivity (Wildman–Crippen MR) is 53.2 cm³/mol. The van der Waals surface area contributed by atoms with Gasteiger partial charge in [0.2, 0.25) is 0 Å². The maximum atomic E-state index is 10.9. The molecule has 0 radical (unpaired) electrons. The monoisotopic (exact) mass is 170 g/mol. The summed E-state index contributed by atoms with van der Waals surface area (Å²) in [6, 6.07) is 0. The minimum atomic E-state index is 0.416. The zero-order chi connectivity index (χ0) is 9.40. The molecule has 0 saturated carbocycles. The number of carbonyl (C=O) groups is 1. The van der Waals surface area contributed by atoms with Gasteiger partial charge in [-0.15, -0.1) is 0 Å². The van der Waals surface area contributed by atoms with Crippen LogP contribution in [0.15, 0.2) is 0 Å². The highest BCUT2D eigenvalue weighted by atomic mass is 16.1. The van der Waals surface area contributed by atoms with Crippen LogP contribution in [0.4, 0.5) is 0 Å². The minimum absolute atomic E-state index is 0.416. The maximum Gasteiger partial charge on any atom is 0.132 e. The van der Waals surface area contributed by atoms with Crippen molar-refractivity contribution in [2.24, 2.45) is 5.92 Å². The smallest absolute Gasteiger partial charge is 0.132 e. The lowest BCUT2D eigenvalue weighted by Gasteiger charge is -2.06. The summed E-state index contributed by atoms with van der Waals surface area (Å²) in [4.78, 5) is 10.9. The van der Waals surface area contributed by atoms with Gasteiger partial charge in [-0.1, -0.05) is 40.0 Å². The van der Waals surface area contributed by atoms with Crippen LogP contribution >= 0.6 is 0 Å². The van der Waals surface area contributed by atoms with Crippen molar-refractivity contribution in [3.63, 3.8) is 0 Å². The molecule has 0 aromatic carbocycles. The molecule has 0 rings (SSSR count). The molecule has 0 bridgehead atoms. The maximum absolute atomic E-state index is 10.9. The minimum Gasteiger partial charge on any atom is -0.300 e. The average molecular weight is 170 g/mol. The van der Waals surface area contributed by atoms with Gasteiger partial charge in [0.15, 0.2) is 0 Å². The second-order valence-corrected chi connectivity index (χ2v) is 3.65. The molecule has 0 aliphatic heterocycles. The summed E-state index contributed by atoms with van der Waals surface area (Å²) in [7, 11) is 0. The van der Waals surface area contributed by atoms with E-state index in [1.807, 2.05) is 6.92 Å². The molecule has 0 aromatic heterocycles. The molecule has 0 aromatic rings. The highest BCUT2D eigenvalue weighted by Gasteiger charge is 2.00. The standard InChI is InChI=1S/C11H22O/c1-4-10(3)8-6-7-9-11(12)5-2/h10H,4-9H2,1-3H3/t10-/m0/s1. The van der Waals surface area contributed by atoms with E-state index >= 15 is 0 Å². The van der Waals surface area contributed by atoms with E-state index in [-0.39, 0.29) is 0 Å². The molecular formula is C11H22O. The van der Waals surface area contributed by atoms with Crippen LogP contribution in [0.25, 0.3) is 0 Å². The molecule has 72 valence electrons. The second-order valence-electron chi connectivity index (χ2n) is 3.65. The zero-order valence-corrected chi connectivity index (χ0v) is 8.73. The number of rotatable bonds is 7. The Hall–Kier alpha value is -0.330. The lowest BCUT2D eigenvalue weighted by atomic mass is 10.00. The molecule has 12 heavy (non-hydrogen) atoms. The molecule has 0 aliphatic carbocycles. The molecule has 0 saturated heterocycles. The summed E-state index contributed by atoms with van der Waals surface area (Å²) in [5, 5.41) is 0. The van der Waals surface area contributed by atoms with Crippen molar-refractivity contribution >= 4 is 5.78 Å².